The molecule has 1 aliphatic heterocycles. The Morgan fingerprint density at radius 3 is 2.64 bits per heavy atom. The highest BCUT2D eigenvalue weighted by molar-refractivity contribution is 7.54. The highest BCUT2D eigenvalue weighted by atomic mass is 31.2. The summed E-state index contributed by atoms with van der Waals surface area (Å²) in [5.41, 5.74) is 0.594. The first-order valence-corrected chi connectivity index (χ1v) is 9.78. The Balaban J connectivity index is 2.06. The summed E-state index contributed by atoms with van der Waals surface area (Å²) in [4.78, 5) is 18.0. The van der Waals surface area contributed by atoms with Crippen LogP contribution in [0.3, 0.4) is 0 Å². The molecule has 0 aliphatic carbocycles. The summed E-state index contributed by atoms with van der Waals surface area (Å²) >= 11 is 0. The lowest BCUT2D eigenvalue weighted by atomic mass is 10.2. The molecule has 9 heteroatoms. The van der Waals surface area contributed by atoms with Crippen LogP contribution in [0, 0.1) is 0 Å². The molecule has 25 heavy (non-hydrogen) atoms. The van der Waals surface area contributed by atoms with Crippen molar-refractivity contribution in [3.8, 4) is 5.75 Å². The van der Waals surface area contributed by atoms with E-state index in [1.54, 1.807) is 52.3 Å². The van der Waals surface area contributed by atoms with Crippen LogP contribution in [0.5, 0.6) is 5.75 Å². The number of carbonyl (C=O) groups is 1. The third-order valence-electron chi connectivity index (χ3n) is 3.75. The summed E-state index contributed by atoms with van der Waals surface area (Å²) in [7, 11) is -0.220. The largest absolute Gasteiger partial charge is 0.497 e. The van der Waals surface area contributed by atoms with Gasteiger partial charge in [-0.3, -0.25) is 14.2 Å². The van der Waals surface area contributed by atoms with Crippen LogP contribution in [0.25, 0.3) is 0 Å². The minimum absolute atomic E-state index is 0.212. The van der Waals surface area contributed by atoms with Gasteiger partial charge in [-0.25, -0.2) is 0 Å². The monoisotopic (exact) mass is 372 g/mol. The molecule has 0 saturated carbocycles. The molecule has 140 valence electrons. The van der Waals surface area contributed by atoms with Crippen molar-refractivity contribution in [2.75, 3.05) is 32.7 Å². The fourth-order valence-electron chi connectivity index (χ4n) is 2.63. The fraction of sp³-hybridized carbons (Fsp3) is 0.562. The number of methoxy groups -OCH3 is 1. The number of benzene rings is 1. The number of nitrogens with zero attached hydrogens (tertiary/aromatic N) is 1. The van der Waals surface area contributed by atoms with E-state index >= 15 is 0 Å². The number of anilines is 1. The second-order valence-electron chi connectivity index (χ2n) is 5.45. The summed E-state index contributed by atoms with van der Waals surface area (Å²) in [5, 5.41) is 4.16. The number of hydroxylamine groups is 2. The number of amides is 1. The van der Waals surface area contributed by atoms with Gasteiger partial charge < -0.3 is 19.1 Å². The average molecular weight is 372 g/mol. The quantitative estimate of drug-likeness (QED) is 0.702. The maximum atomic E-state index is 12.9. The second-order valence-corrected chi connectivity index (χ2v) is 7.65. The number of carbonyl (C=O) groups excluding carboxylic acids is 1. The maximum absolute atomic E-state index is 12.9. The highest BCUT2D eigenvalue weighted by Gasteiger charge is 2.48. The molecule has 0 unspecified atom stereocenters. The van der Waals surface area contributed by atoms with Gasteiger partial charge in [-0.15, -0.1) is 0 Å². The lowest BCUT2D eigenvalue weighted by Crippen LogP contribution is -2.28. The molecule has 8 nitrogen and oxygen atoms in total. The Labute approximate surface area is 147 Å². The van der Waals surface area contributed by atoms with E-state index in [1.165, 1.54) is 5.06 Å². The Bertz CT molecular complexity index is 631. The number of nitrogens with one attached hydrogen (secondary N) is 1. The van der Waals surface area contributed by atoms with Gasteiger partial charge in [0.05, 0.1) is 20.3 Å². The summed E-state index contributed by atoms with van der Waals surface area (Å²) < 4.78 is 28.8. The van der Waals surface area contributed by atoms with Crippen LogP contribution in [-0.4, -0.2) is 50.2 Å². The van der Waals surface area contributed by atoms with Gasteiger partial charge in [-0.1, -0.05) is 6.07 Å². The van der Waals surface area contributed by atoms with Crippen molar-refractivity contribution in [3.05, 3.63) is 24.3 Å². The van der Waals surface area contributed by atoms with E-state index in [9.17, 15) is 9.36 Å². The van der Waals surface area contributed by atoms with Crippen LogP contribution in [0.1, 0.15) is 20.3 Å². The smallest absolute Gasteiger partial charge is 0.350 e. The average Bonchev–Trinajstić information content (AvgIpc) is 2.98. The summed E-state index contributed by atoms with van der Waals surface area (Å²) in [5.74, 6) is -0.326. The first kappa shape index (κ1) is 19.9. The summed E-state index contributed by atoms with van der Waals surface area (Å²) in [6.07, 6.45) is -0.570. The van der Waals surface area contributed by atoms with Crippen LogP contribution in [0.2, 0.25) is 0 Å². The summed E-state index contributed by atoms with van der Waals surface area (Å²) in [6, 6.07) is 7.02. The van der Waals surface area contributed by atoms with Crippen molar-refractivity contribution in [2.24, 2.45) is 0 Å². The van der Waals surface area contributed by atoms with Gasteiger partial charge in [0.1, 0.15) is 11.5 Å². The van der Waals surface area contributed by atoms with E-state index in [0.717, 1.165) is 0 Å². The third-order valence-corrected chi connectivity index (χ3v) is 6.25. The first-order chi connectivity index (χ1) is 11.9. The Hall–Kier alpha value is -1.44. The molecule has 1 aromatic carbocycles. The zero-order valence-electron chi connectivity index (χ0n) is 14.9. The van der Waals surface area contributed by atoms with Crippen molar-refractivity contribution >= 4 is 19.2 Å². The number of rotatable bonds is 8. The topological polar surface area (TPSA) is 86.3 Å². The zero-order chi connectivity index (χ0) is 18.4. The summed E-state index contributed by atoms with van der Waals surface area (Å²) in [6.45, 7) is 3.99. The Morgan fingerprint density at radius 1 is 1.36 bits per heavy atom. The standard InChI is InChI=1S/C16H25N2O6P/c1-5-22-25(20,23-6-2)15-11-14(24-18(15)3)16(19)17-12-8-7-9-13(10-12)21-4/h7-10,14-15H,5-6,11H2,1-4H3,(H,17,19)/t14-,15-/m1/s1. The molecule has 0 aromatic heterocycles. The van der Waals surface area contributed by atoms with E-state index < -0.39 is 19.5 Å². The van der Waals surface area contributed by atoms with E-state index in [0.29, 0.717) is 11.4 Å². The van der Waals surface area contributed by atoms with E-state index in [1.807, 2.05) is 0 Å². The fourth-order valence-corrected chi connectivity index (χ4v) is 4.67. The minimum atomic E-state index is -3.39. The van der Waals surface area contributed by atoms with Crippen molar-refractivity contribution in [2.45, 2.75) is 32.2 Å². The van der Waals surface area contributed by atoms with Gasteiger partial charge in [0, 0.05) is 25.2 Å². The molecule has 0 radical (unpaired) electrons. The number of hydrogen-bond acceptors (Lipinski definition) is 7. The van der Waals surface area contributed by atoms with E-state index in [4.69, 9.17) is 18.6 Å². The molecule has 1 amide bonds. The van der Waals surface area contributed by atoms with Crippen LogP contribution >= 0.6 is 7.60 Å². The maximum Gasteiger partial charge on any atom is 0.350 e. The lowest BCUT2D eigenvalue weighted by Gasteiger charge is -2.25. The lowest BCUT2D eigenvalue weighted by molar-refractivity contribution is -0.155. The SMILES string of the molecule is CCOP(=O)(OCC)[C@@H]1C[C@H](C(=O)Nc2cccc(OC)c2)ON1C. The van der Waals surface area contributed by atoms with Gasteiger partial charge in [-0.2, -0.15) is 5.06 Å². The molecule has 1 saturated heterocycles. The normalized spacial score (nSPS) is 21.3. The van der Waals surface area contributed by atoms with Gasteiger partial charge >= 0.3 is 7.60 Å². The third kappa shape index (κ3) is 4.80. The van der Waals surface area contributed by atoms with Crippen molar-refractivity contribution in [1.29, 1.82) is 0 Å². The molecule has 1 aliphatic rings. The van der Waals surface area contributed by atoms with E-state index in [2.05, 4.69) is 5.32 Å². The van der Waals surface area contributed by atoms with Crippen LogP contribution < -0.4 is 10.1 Å². The molecule has 1 N–H and O–H groups in total. The molecule has 1 fully saturated rings. The van der Waals surface area contributed by atoms with Gasteiger partial charge in [0.25, 0.3) is 5.91 Å². The second kappa shape index (κ2) is 8.78. The molecular weight excluding hydrogens is 347 g/mol. The van der Waals surface area contributed by atoms with Crippen molar-refractivity contribution < 1.29 is 28.0 Å². The molecule has 1 aromatic rings. The Kier molecular flexibility index (Phi) is 6.98. The van der Waals surface area contributed by atoms with Crippen LogP contribution in [0.4, 0.5) is 5.69 Å². The molecule has 1 heterocycles. The molecular formula is C16H25N2O6P. The van der Waals surface area contributed by atoms with E-state index in [-0.39, 0.29) is 25.5 Å². The number of ether oxygens (including phenoxy) is 1. The van der Waals surface area contributed by atoms with Crippen molar-refractivity contribution in [1.82, 2.24) is 5.06 Å². The Morgan fingerprint density at radius 2 is 2.04 bits per heavy atom. The van der Waals surface area contributed by atoms with Crippen LogP contribution in [0.15, 0.2) is 24.3 Å². The van der Waals surface area contributed by atoms with Crippen LogP contribution in [-0.2, 0) is 23.2 Å². The molecule has 0 bridgehead atoms. The molecule has 2 rings (SSSR count). The van der Waals surface area contributed by atoms with Gasteiger partial charge in [0.15, 0.2) is 6.10 Å². The predicted molar refractivity (Wildman–Crippen MR) is 93.5 cm³/mol. The highest BCUT2D eigenvalue weighted by Crippen LogP contribution is 2.57. The minimum Gasteiger partial charge on any atom is -0.497 e. The van der Waals surface area contributed by atoms with Gasteiger partial charge in [-0.05, 0) is 26.0 Å². The van der Waals surface area contributed by atoms with Gasteiger partial charge in [0.2, 0.25) is 0 Å². The number of hydrogen-bond donors (Lipinski definition) is 1. The first-order valence-electron chi connectivity index (χ1n) is 8.16. The molecule has 0 spiro atoms. The zero-order valence-corrected chi connectivity index (χ0v) is 15.8. The molecule has 2 atom stereocenters. The van der Waals surface area contributed by atoms with Crippen molar-refractivity contribution in [3.63, 3.8) is 0 Å². The predicted octanol–water partition coefficient (Wildman–Crippen LogP) is 2.86.